The summed E-state index contributed by atoms with van der Waals surface area (Å²) in [5.41, 5.74) is 1.09. The maximum atomic E-state index is 6.30. The Morgan fingerprint density at radius 2 is 1.95 bits per heavy atom. The molecule has 0 spiro atoms. The monoisotopic (exact) mass is 325 g/mol. The van der Waals surface area contributed by atoms with Crippen molar-refractivity contribution in [3.63, 3.8) is 0 Å². The summed E-state index contributed by atoms with van der Waals surface area (Å²) in [6.07, 6.45) is 0. The highest BCUT2D eigenvalue weighted by Crippen LogP contribution is 2.36. The average molecular weight is 326 g/mol. The number of hydrogen-bond donors (Lipinski definition) is 1. The molecule has 0 bridgehead atoms. The molecule has 0 aliphatic carbocycles. The van der Waals surface area contributed by atoms with E-state index in [0.717, 1.165) is 18.7 Å². The molecule has 2 aromatic rings. The normalized spacial score (nSPS) is 10.6. The molecule has 1 heterocycles. The van der Waals surface area contributed by atoms with Gasteiger partial charge in [-0.25, -0.2) is 0 Å². The van der Waals surface area contributed by atoms with Gasteiger partial charge in [0.25, 0.3) is 0 Å². The van der Waals surface area contributed by atoms with Gasteiger partial charge in [0.05, 0.1) is 18.2 Å². The van der Waals surface area contributed by atoms with E-state index >= 15 is 0 Å². The number of thiophene rings is 1. The number of hydrogen-bond acceptors (Lipinski definition) is 4. The lowest BCUT2D eigenvalue weighted by atomic mass is 10.2. The average Bonchev–Trinajstić information content (AvgIpc) is 2.96. The fourth-order valence-corrected chi connectivity index (χ4v) is 2.98. The molecule has 0 fully saturated rings. The molecule has 0 radical (unpaired) electrons. The fourth-order valence-electron chi connectivity index (χ4n) is 2.01. The standard InChI is InChI=1S/C16H20ClNO2S/c1-3-19-15-9-12(8-14(17)16(15)20-4-2)10-18-11-13-6-5-7-21-13/h5-9,18H,3-4,10-11H2,1-2H3. The van der Waals surface area contributed by atoms with Gasteiger partial charge in [-0.05, 0) is 43.0 Å². The smallest absolute Gasteiger partial charge is 0.179 e. The summed E-state index contributed by atoms with van der Waals surface area (Å²) in [5, 5.41) is 6.08. The molecule has 0 aliphatic heterocycles. The number of nitrogens with one attached hydrogen (secondary N) is 1. The van der Waals surface area contributed by atoms with E-state index in [2.05, 4.69) is 22.8 Å². The molecule has 1 aromatic carbocycles. The van der Waals surface area contributed by atoms with Crippen molar-refractivity contribution in [2.45, 2.75) is 26.9 Å². The Hall–Kier alpha value is -1.23. The van der Waals surface area contributed by atoms with E-state index in [4.69, 9.17) is 21.1 Å². The van der Waals surface area contributed by atoms with Crippen LogP contribution in [-0.4, -0.2) is 13.2 Å². The minimum absolute atomic E-state index is 0.565. The SMILES string of the molecule is CCOc1cc(CNCc2cccs2)cc(Cl)c1OCC. The Bertz CT molecular complexity index is 558. The van der Waals surface area contributed by atoms with Crippen LogP contribution in [0.5, 0.6) is 11.5 Å². The fraction of sp³-hybridized carbons (Fsp3) is 0.375. The van der Waals surface area contributed by atoms with Gasteiger partial charge >= 0.3 is 0 Å². The molecule has 114 valence electrons. The minimum Gasteiger partial charge on any atom is -0.490 e. The molecule has 21 heavy (non-hydrogen) atoms. The van der Waals surface area contributed by atoms with Crippen LogP contribution in [0, 0.1) is 0 Å². The molecule has 5 heteroatoms. The molecule has 0 amide bonds. The molecule has 1 aromatic heterocycles. The lowest BCUT2D eigenvalue weighted by Crippen LogP contribution is -2.12. The molecular weight excluding hydrogens is 306 g/mol. The second-order valence-electron chi connectivity index (χ2n) is 4.45. The quantitative estimate of drug-likeness (QED) is 0.775. The Kier molecular flexibility index (Phi) is 6.36. The third kappa shape index (κ3) is 4.63. The number of ether oxygens (including phenoxy) is 2. The van der Waals surface area contributed by atoms with Crippen LogP contribution in [0.2, 0.25) is 5.02 Å². The van der Waals surface area contributed by atoms with Gasteiger partial charge in [-0.2, -0.15) is 0 Å². The highest BCUT2D eigenvalue weighted by molar-refractivity contribution is 7.09. The van der Waals surface area contributed by atoms with Crippen LogP contribution in [0.15, 0.2) is 29.6 Å². The third-order valence-corrected chi connectivity index (χ3v) is 4.02. The predicted molar refractivity (Wildman–Crippen MR) is 88.7 cm³/mol. The van der Waals surface area contributed by atoms with Crippen molar-refractivity contribution < 1.29 is 9.47 Å². The van der Waals surface area contributed by atoms with Crippen molar-refractivity contribution >= 4 is 22.9 Å². The summed E-state index contributed by atoms with van der Waals surface area (Å²) in [4.78, 5) is 1.32. The molecule has 0 saturated carbocycles. The molecule has 2 rings (SSSR count). The topological polar surface area (TPSA) is 30.5 Å². The minimum atomic E-state index is 0.565. The van der Waals surface area contributed by atoms with Crippen LogP contribution >= 0.6 is 22.9 Å². The van der Waals surface area contributed by atoms with Gasteiger partial charge in [0.1, 0.15) is 0 Å². The highest BCUT2D eigenvalue weighted by Gasteiger charge is 2.12. The van der Waals surface area contributed by atoms with Crippen LogP contribution in [0.4, 0.5) is 0 Å². The number of halogens is 1. The Balaban J connectivity index is 2.05. The van der Waals surface area contributed by atoms with Crippen molar-refractivity contribution in [2.75, 3.05) is 13.2 Å². The molecule has 0 saturated heterocycles. The van der Waals surface area contributed by atoms with Gasteiger partial charge in [0.2, 0.25) is 0 Å². The van der Waals surface area contributed by atoms with Crippen LogP contribution in [0.25, 0.3) is 0 Å². The molecule has 1 N–H and O–H groups in total. The first-order chi connectivity index (χ1) is 10.2. The van der Waals surface area contributed by atoms with Gasteiger partial charge < -0.3 is 14.8 Å². The van der Waals surface area contributed by atoms with Gasteiger partial charge in [0, 0.05) is 18.0 Å². The van der Waals surface area contributed by atoms with Crippen molar-refractivity contribution in [3.8, 4) is 11.5 Å². The van der Waals surface area contributed by atoms with E-state index in [1.165, 1.54) is 4.88 Å². The van der Waals surface area contributed by atoms with Crippen molar-refractivity contribution in [3.05, 3.63) is 45.1 Å². The van der Waals surface area contributed by atoms with Crippen molar-refractivity contribution in [1.29, 1.82) is 0 Å². The summed E-state index contributed by atoms with van der Waals surface area (Å²) in [7, 11) is 0. The van der Waals surface area contributed by atoms with E-state index in [0.29, 0.717) is 29.7 Å². The van der Waals surface area contributed by atoms with Crippen LogP contribution in [0.1, 0.15) is 24.3 Å². The zero-order valence-electron chi connectivity index (χ0n) is 12.3. The van der Waals surface area contributed by atoms with Crippen LogP contribution < -0.4 is 14.8 Å². The Labute approximate surface area is 134 Å². The van der Waals surface area contributed by atoms with Gasteiger partial charge in [-0.3, -0.25) is 0 Å². The molecule has 0 unspecified atom stereocenters. The van der Waals surface area contributed by atoms with E-state index in [-0.39, 0.29) is 0 Å². The first-order valence-corrected chi connectivity index (χ1v) is 8.31. The van der Waals surface area contributed by atoms with Gasteiger partial charge in [-0.1, -0.05) is 17.7 Å². The summed E-state index contributed by atoms with van der Waals surface area (Å²) in [5.74, 6) is 1.34. The largest absolute Gasteiger partial charge is 0.490 e. The third-order valence-electron chi connectivity index (χ3n) is 2.87. The maximum absolute atomic E-state index is 6.30. The van der Waals surface area contributed by atoms with Crippen molar-refractivity contribution in [2.24, 2.45) is 0 Å². The Morgan fingerprint density at radius 1 is 1.14 bits per heavy atom. The maximum Gasteiger partial charge on any atom is 0.179 e. The first kappa shape index (κ1) is 16.1. The van der Waals surface area contributed by atoms with Gasteiger partial charge in [-0.15, -0.1) is 11.3 Å². The number of benzene rings is 1. The highest BCUT2D eigenvalue weighted by atomic mass is 35.5. The lowest BCUT2D eigenvalue weighted by molar-refractivity contribution is 0.287. The molecule has 0 aliphatic rings. The summed E-state index contributed by atoms with van der Waals surface area (Å²) < 4.78 is 11.2. The molecule has 0 atom stereocenters. The number of rotatable bonds is 8. The van der Waals surface area contributed by atoms with Crippen LogP contribution in [0.3, 0.4) is 0 Å². The molecule has 3 nitrogen and oxygen atoms in total. The predicted octanol–water partition coefficient (Wildman–Crippen LogP) is 4.49. The van der Waals surface area contributed by atoms with Crippen LogP contribution in [-0.2, 0) is 13.1 Å². The van der Waals surface area contributed by atoms with E-state index in [9.17, 15) is 0 Å². The van der Waals surface area contributed by atoms with E-state index < -0.39 is 0 Å². The van der Waals surface area contributed by atoms with E-state index in [1.54, 1.807) is 11.3 Å². The van der Waals surface area contributed by atoms with E-state index in [1.807, 2.05) is 26.0 Å². The Morgan fingerprint density at radius 3 is 2.62 bits per heavy atom. The van der Waals surface area contributed by atoms with Crippen molar-refractivity contribution in [1.82, 2.24) is 5.32 Å². The summed E-state index contributed by atoms with van der Waals surface area (Å²) >= 11 is 8.05. The summed E-state index contributed by atoms with van der Waals surface area (Å²) in [6.45, 7) is 6.63. The second kappa shape index (κ2) is 8.27. The van der Waals surface area contributed by atoms with Gasteiger partial charge in [0.15, 0.2) is 11.5 Å². The first-order valence-electron chi connectivity index (χ1n) is 7.05. The zero-order valence-corrected chi connectivity index (χ0v) is 13.9. The zero-order chi connectivity index (χ0) is 15.1. The lowest BCUT2D eigenvalue weighted by Gasteiger charge is -2.14. The second-order valence-corrected chi connectivity index (χ2v) is 5.89. The summed E-state index contributed by atoms with van der Waals surface area (Å²) in [6, 6.07) is 8.09. The molecular formula is C16H20ClNO2S.